The van der Waals surface area contributed by atoms with Gasteiger partial charge in [-0.15, -0.1) is 24.8 Å². The van der Waals surface area contributed by atoms with Crippen LogP contribution in [-0.4, -0.2) is 35.6 Å². The molecule has 196 valence electrons. The standard InChI is InChI=1S/C28H28ClN3O3.2ClH/c1-2-31-28(34)21-8-11-24-25(17-21)32-15-13-27(24)35-23-9-6-19(7-10-23)12-14-30-18-26(33)20-4-3-5-22(29)16-20;;/h3-11,13,15-17,26,30,33H,2,12,14,18H2,1H3,(H,31,34);2*1H/t26-;;/m0../s1. The molecule has 1 heterocycles. The van der Waals surface area contributed by atoms with Crippen LogP contribution in [0.2, 0.25) is 5.02 Å². The van der Waals surface area contributed by atoms with Gasteiger partial charge in [-0.25, -0.2) is 0 Å². The number of carbonyl (C=O) groups is 1. The number of rotatable bonds is 10. The first-order valence-electron chi connectivity index (χ1n) is 11.6. The third kappa shape index (κ3) is 8.32. The number of hydrogen-bond acceptors (Lipinski definition) is 5. The number of hydrogen-bond donors (Lipinski definition) is 3. The number of ether oxygens (including phenoxy) is 1. The predicted molar refractivity (Wildman–Crippen MR) is 154 cm³/mol. The van der Waals surface area contributed by atoms with E-state index in [0.717, 1.165) is 35.2 Å². The van der Waals surface area contributed by atoms with E-state index in [0.29, 0.717) is 34.9 Å². The summed E-state index contributed by atoms with van der Waals surface area (Å²) in [7, 11) is 0. The second kappa shape index (κ2) is 14.8. The molecule has 1 atom stereocenters. The molecule has 1 amide bonds. The molecule has 0 aliphatic carbocycles. The maximum Gasteiger partial charge on any atom is 0.251 e. The van der Waals surface area contributed by atoms with E-state index in [2.05, 4.69) is 15.6 Å². The Kier molecular flexibility index (Phi) is 12.1. The van der Waals surface area contributed by atoms with Crippen LogP contribution in [-0.2, 0) is 6.42 Å². The smallest absolute Gasteiger partial charge is 0.251 e. The average molecular weight is 563 g/mol. The molecule has 37 heavy (non-hydrogen) atoms. The lowest BCUT2D eigenvalue weighted by Crippen LogP contribution is -2.23. The molecule has 3 N–H and O–H groups in total. The Hall–Kier alpha value is -2.87. The predicted octanol–water partition coefficient (Wildman–Crippen LogP) is 6.14. The minimum absolute atomic E-state index is 0. The number of aliphatic hydroxyl groups is 1. The molecule has 0 radical (unpaired) electrons. The molecular formula is C28H30Cl3N3O3. The van der Waals surface area contributed by atoms with Crippen LogP contribution in [0.25, 0.3) is 10.9 Å². The van der Waals surface area contributed by atoms with Crippen molar-refractivity contribution in [3.8, 4) is 11.5 Å². The summed E-state index contributed by atoms with van der Waals surface area (Å²) < 4.78 is 6.11. The van der Waals surface area contributed by atoms with Crippen LogP contribution in [0, 0.1) is 0 Å². The Bertz CT molecular complexity index is 1300. The number of carbonyl (C=O) groups excluding carboxylic acids is 1. The lowest BCUT2D eigenvalue weighted by Gasteiger charge is -2.13. The molecule has 3 aromatic carbocycles. The third-order valence-corrected chi connectivity index (χ3v) is 5.85. The van der Waals surface area contributed by atoms with Gasteiger partial charge >= 0.3 is 0 Å². The van der Waals surface area contributed by atoms with Crippen molar-refractivity contribution in [2.45, 2.75) is 19.4 Å². The summed E-state index contributed by atoms with van der Waals surface area (Å²) in [5, 5.41) is 17.8. The number of nitrogens with one attached hydrogen (secondary N) is 2. The molecule has 6 nitrogen and oxygen atoms in total. The van der Waals surface area contributed by atoms with Crippen LogP contribution in [0.3, 0.4) is 0 Å². The van der Waals surface area contributed by atoms with Gasteiger partial charge in [-0.1, -0.05) is 35.9 Å². The zero-order valence-corrected chi connectivity index (χ0v) is 22.7. The van der Waals surface area contributed by atoms with Gasteiger partial charge in [0.1, 0.15) is 11.5 Å². The molecule has 0 spiro atoms. The summed E-state index contributed by atoms with van der Waals surface area (Å²) in [5.41, 5.74) is 3.24. The number of pyridine rings is 1. The number of aromatic nitrogens is 1. The molecule has 4 rings (SSSR count). The van der Waals surface area contributed by atoms with E-state index in [1.54, 1.807) is 30.5 Å². The van der Waals surface area contributed by atoms with Crippen LogP contribution >= 0.6 is 36.4 Å². The first-order valence-corrected chi connectivity index (χ1v) is 12.0. The van der Waals surface area contributed by atoms with Crippen molar-refractivity contribution < 1.29 is 14.6 Å². The molecule has 0 bridgehead atoms. The summed E-state index contributed by atoms with van der Waals surface area (Å²) in [6.07, 6.45) is 1.90. The van der Waals surface area contributed by atoms with E-state index in [1.807, 2.05) is 55.5 Å². The highest BCUT2D eigenvalue weighted by Gasteiger charge is 2.10. The Morgan fingerprint density at radius 3 is 2.57 bits per heavy atom. The van der Waals surface area contributed by atoms with E-state index >= 15 is 0 Å². The summed E-state index contributed by atoms with van der Waals surface area (Å²) in [5.74, 6) is 1.28. The Labute approximate surface area is 234 Å². The van der Waals surface area contributed by atoms with Crippen molar-refractivity contribution in [1.29, 1.82) is 0 Å². The Morgan fingerprint density at radius 2 is 1.84 bits per heavy atom. The molecule has 9 heteroatoms. The summed E-state index contributed by atoms with van der Waals surface area (Å²) in [6.45, 7) is 3.65. The SMILES string of the molecule is CCNC(=O)c1ccc2c(Oc3ccc(CCNC[C@H](O)c4cccc(Cl)c4)cc3)ccnc2c1.Cl.Cl. The van der Waals surface area contributed by atoms with Gasteiger partial charge in [0, 0.05) is 35.3 Å². The molecule has 0 fully saturated rings. The quantitative estimate of drug-likeness (QED) is 0.202. The maximum absolute atomic E-state index is 12.1. The van der Waals surface area contributed by atoms with Gasteiger partial charge in [-0.05, 0) is 79.5 Å². The minimum atomic E-state index is -0.600. The first kappa shape index (κ1) is 30.4. The lowest BCUT2D eigenvalue weighted by atomic mass is 10.1. The topological polar surface area (TPSA) is 83.5 Å². The minimum Gasteiger partial charge on any atom is -0.457 e. The van der Waals surface area contributed by atoms with Gasteiger partial charge in [0.05, 0.1) is 11.6 Å². The van der Waals surface area contributed by atoms with Crippen LogP contribution in [0.1, 0.15) is 34.5 Å². The van der Waals surface area contributed by atoms with Crippen LogP contribution < -0.4 is 15.4 Å². The third-order valence-electron chi connectivity index (χ3n) is 5.61. The van der Waals surface area contributed by atoms with Crippen molar-refractivity contribution >= 4 is 53.2 Å². The summed E-state index contributed by atoms with van der Waals surface area (Å²) >= 11 is 5.99. The number of fused-ring (bicyclic) bond motifs is 1. The van der Waals surface area contributed by atoms with Gasteiger partial charge in [0.2, 0.25) is 0 Å². The molecule has 0 unspecified atom stereocenters. The fraction of sp³-hybridized carbons (Fsp3) is 0.214. The van der Waals surface area contributed by atoms with Gasteiger partial charge in [0.15, 0.2) is 0 Å². The van der Waals surface area contributed by atoms with Gasteiger partial charge in [-0.3, -0.25) is 9.78 Å². The van der Waals surface area contributed by atoms with E-state index in [9.17, 15) is 9.90 Å². The van der Waals surface area contributed by atoms with Crippen molar-refractivity contribution in [1.82, 2.24) is 15.6 Å². The maximum atomic E-state index is 12.1. The van der Waals surface area contributed by atoms with E-state index in [4.69, 9.17) is 16.3 Å². The van der Waals surface area contributed by atoms with Crippen molar-refractivity contribution in [3.05, 3.63) is 101 Å². The average Bonchev–Trinajstić information content (AvgIpc) is 2.87. The van der Waals surface area contributed by atoms with Crippen LogP contribution in [0.5, 0.6) is 11.5 Å². The highest BCUT2D eigenvalue weighted by atomic mass is 35.5. The zero-order valence-electron chi connectivity index (χ0n) is 20.3. The molecule has 0 aliphatic rings. The number of benzene rings is 3. The fourth-order valence-electron chi connectivity index (χ4n) is 3.77. The fourth-order valence-corrected chi connectivity index (χ4v) is 3.97. The molecule has 0 aliphatic heterocycles. The van der Waals surface area contributed by atoms with Gasteiger partial charge in [0.25, 0.3) is 5.91 Å². The van der Waals surface area contributed by atoms with Gasteiger partial charge in [-0.2, -0.15) is 0 Å². The van der Waals surface area contributed by atoms with E-state index in [-0.39, 0.29) is 30.7 Å². The molecule has 1 aromatic heterocycles. The van der Waals surface area contributed by atoms with Crippen molar-refractivity contribution in [2.75, 3.05) is 19.6 Å². The molecule has 0 saturated heterocycles. The van der Waals surface area contributed by atoms with Gasteiger partial charge < -0.3 is 20.5 Å². The highest BCUT2D eigenvalue weighted by molar-refractivity contribution is 6.30. The Morgan fingerprint density at radius 1 is 1.05 bits per heavy atom. The number of aliphatic hydroxyl groups excluding tert-OH is 1. The lowest BCUT2D eigenvalue weighted by molar-refractivity contribution is 0.0956. The second-order valence-electron chi connectivity index (χ2n) is 8.17. The summed E-state index contributed by atoms with van der Waals surface area (Å²) in [4.78, 5) is 16.5. The normalized spacial score (nSPS) is 11.2. The largest absolute Gasteiger partial charge is 0.457 e. The number of halogens is 3. The number of amides is 1. The molecule has 0 saturated carbocycles. The van der Waals surface area contributed by atoms with E-state index < -0.39 is 6.10 Å². The highest BCUT2D eigenvalue weighted by Crippen LogP contribution is 2.29. The summed E-state index contributed by atoms with van der Waals surface area (Å²) in [6, 6.07) is 22.4. The Balaban J connectivity index is 0.00000241. The van der Waals surface area contributed by atoms with Crippen LogP contribution in [0.4, 0.5) is 0 Å². The van der Waals surface area contributed by atoms with Crippen molar-refractivity contribution in [2.24, 2.45) is 0 Å². The molecule has 4 aromatic rings. The van der Waals surface area contributed by atoms with Crippen LogP contribution in [0.15, 0.2) is 79.0 Å². The zero-order chi connectivity index (χ0) is 24.6. The first-order chi connectivity index (χ1) is 17.0. The van der Waals surface area contributed by atoms with E-state index in [1.165, 1.54) is 0 Å². The van der Waals surface area contributed by atoms with Crippen molar-refractivity contribution in [3.63, 3.8) is 0 Å². The number of nitrogens with zero attached hydrogens (tertiary/aromatic N) is 1. The molecular weight excluding hydrogens is 533 g/mol. The monoisotopic (exact) mass is 561 g/mol. The second-order valence-corrected chi connectivity index (χ2v) is 8.61.